The Kier molecular flexibility index (Phi) is 3.14. The normalized spacial score (nSPS) is 34.4. The minimum absolute atomic E-state index is 0.00917. The van der Waals surface area contributed by atoms with E-state index in [4.69, 9.17) is 5.11 Å². The number of rotatable bonds is 3. The van der Waals surface area contributed by atoms with Crippen molar-refractivity contribution in [2.24, 2.45) is 17.3 Å². The Morgan fingerprint density at radius 1 is 1.35 bits per heavy atom. The Balaban J connectivity index is 2.03. The molecule has 0 aromatic heterocycles. The average Bonchev–Trinajstić information content (AvgIpc) is 2.69. The number of aliphatic carboxylic acids is 1. The highest BCUT2D eigenvalue weighted by Gasteiger charge is 2.66. The summed E-state index contributed by atoms with van der Waals surface area (Å²) in [6, 6.07) is 0.290. The van der Waals surface area contributed by atoms with Crippen LogP contribution in [0.1, 0.15) is 20.3 Å². The fourth-order valence-electron chi connectivity index (χ4n) is 2.79. The van der Waals surface area contributed by atoms with Crippen LogP contribution >= 0.6 is 11.8 Å². The average molecular weight is 257 g/mol. The number of nitrogens with zero attached hydrogens (tertiary/aromatic N) is 1. The summed E-state index contributed by atoms with van der Waals surface area (Å²) in [7, 11) is 1.81. The monoisotopic (exact) mass is 257 g/mol. The van der Waals surface area contributed by atoms with Gasteiger partial charge >= 0.3 is 5.97 Å². The van der Waals surface area contributed by atoms with Gasteiger partial charge in [0, 0.05) is 18.8 Å². The van der Waals surface area contributed by atoms with Gasteiger partial charge in [0.15, 0.2) is 0 Å². The second kappa shape index (κ2) is 4.19. The van der Waals surface area contributed by atoms with Gasteiger partial charge in [-0.15, -0.1) is 0 Å². The van der Waals surface area contributed by atoms with E-state index in [0.29, 0.717) is 6.04 Å². The molecule has 3 unspecified atom stereocenters. The SMILES string of the molecule is CN(C(=O)C1C(C(=O)O)C1(C)C)C1CCSC1. The van der Waals surface area contributed by atoms with E-state index in [1.54, 1.807) is 4.90 Å². The van der Waals surface area contributed by atoms with E-state index in [-0.39, 0.29) is 17.2 Å². The molecule has 1 saturated carbocycles. The maximum Gasteiger partial charge on any atom is 0.307 e. The summed E-state index contributed by atoms with van der Waals surface area (Å²) in [5.41, 5.74) is -0.386. The largest absolute Gasteiger partial charge is 0.481 e. The minimum atomic E-state index is -0.845. The molecule has 17 heavy (non-hydrogen) atoms. The van der Waals surface area contributed by atoms with Crippen LogP contribution in [0.3, 0.4) is 0 Å². The van der Waals surface area contributed by atoms with E-state index >= 15 is 0 Å². The van der Waals surface area contributed by atoms with Gasteiger partial charge < -0.3 is 10.0 Å². The van der Waals surface area contributed by atoms with E-state index in [1.165, 1.54) is 0 Å². The van der Waals surface area contributed by atoms with Gasteiger partial charge in [0.1, 0.15) is 0 Å². The molecule has 2 aliphatic rings. The number of thioether (sulfide) groups is 1. The highest BCUT2D eigenvalue weighted by Crippen LogP contribution is 2.59. The number of carboxylic acid groups (broad SMARTS) is 1. The Hall–Kier alpha value is -0.710. The number of carbonyl (C=O) groups excluding carboxylic acids is 1. The zero-order chi connectivity index (χ0) is 12.8. The van der Waals surface area contributed by atoms with Crippen molar-refractivity contribution >= 4 is 23.6 Å². The van der Waals surface area contributed by atoms with Crippen molar-refractivity contribution in [1.29, 1.82) is 0 Å². The first kappa shape index (κ1) is 12.7. The second-order valence-electron chi connectivity index (χ2n) is 5.58. The fourth-order valence-corrected chi connectivity index (χ4v) is 4.05. The summed E-state index contributed by atoms with van der Waals surface area (Å²) in [6.07, 6.45) is 1.03. The third-order valence-corrected chi connectivity index (χ3v) is 5.31. The summed E-state index contributed by atoms with van der Waals surface area (Å²) in [4.78, 5) is 25.1. The molecule has 3 atom stereocenters. The zero-order valence-electron chi connectivity index (χ0n) is 10.5. The molecule has 4 nitrogen and oxygen atoms in total. The molecule has 0 bridgehead atoms. The third-order valence-electron chi connectivity index (χ3n) is 4.16. The van der Waals surface area contributed by atoms with Crippen LogP contribution in [0.5, 0.6) is 0 Å². The lowest BCUT2D eigenvalue weighted by Crippen LogP contribution is -2.39. The van der Waals surface area contributed by atoms with E-state index in [0.717, 1.165) is 17.9 Å². The third kappa shape index (κ3) is 2.05. The molecule has 0 spiro atoms. The summed E-state index contributed by atoms with van der Waals surface area (Å²) in [5, 5.41) is 9.08. The lowest BCUT2D eigenvalue weighted by molar-refractivity contribution is -0.142. The molecule has 1 aliphatic carbocycles. The van der Waals surface area contributed by atoms with Gasteiger partial charge in [-0.3, -0.25) is 9.59 Å². The number of carboxylic acids is 1. The van der Waals surface area contributed by atoms with Crippen LogP contribution in [0, 0.1) is 17.3 Å². The van der Waals surface area contributed by atoms with Crippen LogP contribution in [-0.2, 0) is 9.59 Å². The lowest BCUT2D eigenvalue weighted by Gasteiger charge is -2.24. The quantitative estimate of drug-likeness (QED) is 0.828. The lowest BCUT2D eigenvalue weighted by atomic mass is 10.1. The van der Waals surface area contributed by atoms with Crippen molar-refractivity contribution in [2.75, 3.05) is 18.6 Å². The molecule has 1 heterocycles. The van der Waals surface area contributed by atoms with Crippen molar-refractivity contribution in [1.82, 2.24) is 4.90 Å². The molecule has 2 fully saturated rings. The van der Waals surface area contributed by atoms with Crippen molar-refractivity contribution in [2.45, 2.75) is 26.3 Å². The molecule has 96 valence electrons. The van der Waals surface area contributed by atoms with Crippen LogP contribution < -0.4 is 0 Å². The molecule has 0 aromatic carbocycles. The molecule has 1 saturated heterocycles. The van der Waals surface area contributed by atoms with Crippen LogP contribution in [0.15, 0.2) is 0 Å². The van der Waals surface area contributed by atoms with Crippen molar-refractivity contribution < 1.29 is 14.7 Å². The predicted molar refractivity (Wildman–Crippen MR) is 66.9 cm³/mol. The Morgan fingerprint density at radius 3 is 2.41 bits per heavy atom. The van der Waals surface area contributed by atoms with E-state index in [9.17, 15) is 9.59 Å². The molecule has 1 aliphatic heterocycles. The first-order chi connectivity index (χ1) is 7.87. The highest BCUT2D eigenvalue weighted by atomic mass is 32.2. The molecule has 0 radical (unpaired) electrons. The molecule has 0 aromatic rings. The van der Waals surface area contributed by atoms with Gasteiger partial charge in [0.05, 0.1) is 11.8 Å². The highest BCUT2D eigenvalue weighted by molar-refractivity contribution is 7.99. The van der Waals surface area contributed by atoms with Crippen LogP contribution in [0.2, 0.25) is 0 Å². The van der Waals surface area contributed by atoms with Gasteiger partial charge in [-0.25, -0.2) is 0 Å². The summed E-state index contributed by atoms with van der Waals surface area (Å²) in [6.45, 7) is 3.73. The van der Waals surface area contributed by atoms with Gasteiger partial charge in [0.2, 0.25) is 5.91 Å². The van der Waals surface area contributed by atoms with Crippen molar-refractivity contribution in [3.05, 3.63) is 0 Å². The Labute approximate surface area is 106 Å². The van der Waals surface area contributed by atoms with Gasteiger partial charge in [-0.05, 0) is 17.6 Å². The van der Waals surface area contributed by atoms with Gasteiger partial charge in [-0.1, -0.05) is 13.8 Å². The first-order valence-electron chi connectivity index (χ1n) is 5.94. The van der Waals surface area contributed by atoms with Gasteiger partial charge in [0.25, 0.3) is 0 Å². The van der Waals surface area contributed by atoms with E-state index in [1.807, 2.05) is 32.7 Å². The van der Waals surface area contributed by atoms with Crippen LogP contribution in [-0.4, -0.2) is 46.5 Å². The number of hydrogen-bond acceptors (Lipinski definition) is 3. The number of amides is 1. The number of carbonyl (C=O) groups is 2. The van der Waals surface area contributed by atoms with E-state index < -0.39 is 11.9 Å². The molecule has 1 amide bonds. The van der Waals surface area contributed by atoms with Crippen molar-refractivity contribution in [3.63, 3.8) is 0 Å². The molecular formula is C12H19NO3S. The Bertz CT molecular complexity index is 350. The molecule has 2 rings (SSSR count). The summed E-state index contributed by atoms with van der Waals surface area (Å²) < 4.78 is 0. The predicted octanol–water partition coefficient (Wildman–Crippen LogP) is 1.31. The number of hydrogen-bond donors (Lipinski definition) is 1. The first-order valence-corrected chi connectivity index (χ1v) is 7.10. The second-order valence-corrected chi connectivity index (χ2v) is 6.73. The van der Waals surface area contributed by atoms with Crippen LogP contribution in [0.25, 0.3) is 0 Å². The van der Waals surface area contributed by atoms with Gasteiger partial charge in [-0.2, -0.15) is 11.8 Å². The van der Waals surface area contributed by atoms with E-state index in [2.05, 4.69) is 0 Å². The minimum Gasteiger partial charge on any atom is -0.481 e. The summed E-state index contributed by atoms with van der Waals surface area (Å²) in [5.74, 6) is 0.394. The fraction of sp³-hybridized carbons (Fsp3) is 0.833. The maximum absolute atomic E-state index is 12.3. The molecule has 1 N–H and O–H groups in total. The smallest absolute Gasteiger partial charge is 0.307 e. The standard InChI is InChI=1S/C12H19NO3S/c1-12(2)8(9(12)11(15)16)10(14)13(3)7-4-5-17-6-7/h7-9H,4-6H2,1-3H3,(H,15,16). The maximum atomic E-state index is 12.3. The molecule has 5 heteroatoms. The van der Waals surface area contributed by atoms with Crippen molar-refractivity contribution in [3.8, 4) is 0 Å². The summed E-state index contributed by atoms with van der Waals surface area (Å²) >= 11 is 1.86. The topological polar surface area (TPSA) is 57.6 Å². The Morgan fingerprint density at radius 2 is 2.00 bits per heavy atom. The zero-order valence-corrected chi connectivity index (χ0v) is 11.3. The van der Waals surface area contributed by atoms with Crippen LogP contribution in [0.4, 0.5) is 0 Å². The molecular weight excluding hydrogens is 238 g/mol.